The van der Waals surface area contributed by atoms with Crippen LogP contribution in [0.5, 0.6) is 0 Å². The van der Waals surface area contributed by atoms with Crippen LogP contribution in [-0.2, 0) is 4.79 Å². The first kappa shape index (κ1) is 18.6. The van der Waals surface area contributed by atoms with Gasteiger partial charge in [-0.05, 0) is 50.1 Å². The number of rotatable bonds is 3. The fourth-order valence-electron chi connectivity index (χ4n) is 3.40. The summed E-state index contributed by atoms with van der Waals surface area (Å²) < 4.78 is 5.16. The first-order valence-electron chi connectivity index (χ1n) is 9.26. The number of likely N-dealkylation sites (tertiary alicyclic amines) is 1. The number of fused-ring (bicyclic) bond motifs is 1. The molecule has 146 valence electrons. The summed E-state index contributed by atoms with van der Waals surface area (Å²) in [5, 5.41) is 5.75. The number of carbonyl (C=O) groups excluding carboxylic acids is 3. The minimum Gasteiger partial charge on any atom is -0.459 e. The van der Waals surface area contributed by atoms with Crippen molar-refractivity contribution >= 4 is 35.2 Å². The molecule has 0 saturated carbocycles. The molecule has 3 heterocycles. The molecule has 1 aromatic heterocycles. The predicted octanol–water partition coefficient (Wildman–Crippen LogP) is 2.75. The van der Waals surface area contributed by atoms with E-state index in [4.69, 9.17) is 4.42 Å². The van der Waals surface area contributed by atoms with Crippen LogP contribution in [0.15, 0.2) is 45.9 Å². The molecule has 0 aliphatic carbocycles. The number of piperidine rings is 1. The Morgan fingerprint density at radius 3 is 2.75 bits per heavy atom. The van der Waals surface area contributed by atoms with Crippen molar-refractivity contribution in [3.63, 3.8) is 0 Å². The summed E-state index contributed by atoms with van der Waals surface area (Å²) in [6, 6.07) is 8.73. The van der Waals surface area contributed by atoms with E-state index in [1.54, 1.807) is 29.2 Å². The molecule has 2 aliphatic rings. The number of nitrogens with zero attached hydrogens (tertiary/aromatic N) is 1. The third kappa shape index (κ3) is 3.77. The Bertz CT molecular complexity index is 904. The van der Waals surface area contributed by atoms with Crippen LogP contribution in [-0.4, -0.2) is 47.0 Å². The maximum Gasteiger partial charge on any atom is 0.289 e. The third-order valence-corrected chi connectivity index (χ3v) is 6.20. The van der Waals surface area contributed by atoms with Crippen LogP contribution in [0.4, 0.5) is 5.69 Å². The Labute approximate surface area is 166 Å². The van der Waals surface area contributed by atoms with E-state index in [0.717, 1.165) is 4.90 Å². The van der Waals surface area contributed by atoms with Crippen molar-refractivity contribution in [3.05, 3.63) is 47.9 Å². The number of amides is 3. The van der Waals surface area contributed by atoms with E-state index in [2.05, 4.69) is 10.6 Å². The summed E-state index contributed by atoms with van der Waals surface area (Å²) in [5.74, 6) is -0.00199. The van der Waals surface area contributed by atoms with Gasteiger partial charge in [-0.15, -0.1) is 11.8 Å². The van der Waals surface area contributed by atoms with Gasteiger partial charge < -0.3 is 20.0 Å². The molecule has 7 nitrogen and oxygen atoms in total. The van der Waals surface area contributed by atoms with Crippen molar-refractivity contribution in [2.75, 3.05) is 18.4 Å². The van der Waals surface area contributed by atoms with Crippen LogP contribution in [0, 0.1) is 0 Å². The number of thioether (sulfide) groups is 1. The number of carbonyl (C=O) groups is 3. The summed E-state index contributed by atoms with van der Waals surface area (Å²) in [7, 11) is 0. The van der Waals surface area contributed by atoms with Crippen LogP contribution >= 0.6 is 11.8 Å². The average Bonchev–Trinajstić information content (AvgIpc) is 3.23. The molecule has 4 rings (SSSR count). The standard InChI is InChI=1S/C20H21N3O4S/c1-12-18(24)22-15-11-13(4-5-17(15)28-12)19(25)21-14-6-8-23(9-7-14)20(26)16-3-2-10-27-16/h2-5,10-12,14H,6-9H2,1H3,(H,21,25)(H,22,24)/t12-/m1/s1. The lowest BCUT2D eigenvalue weighted by atomic mass is 10.0. The van der Waals surface area contributed by atoms with Crippen molar-refractivity contribution in [3.8, 4) is 0 Å². The first-order valence-corrected chi connectivity index (χ1v) is 10.1. The van der Waals surface area contributed by atoms with E-state index in [9.17, 15) is 14.4 Å². The Hall–Kier alpha value is -2.74. The lowest BCUT2D eigenvalue weighted by Crippen LogP contribution is -2.46. The van der Waals surface area contributed by atoms with E-state index in [1.165, 1.54) is 18.0 Å². The second kappa shape index (κ2) is 7.71. The molecule has 3 amide bonds. The molecule has 1 atom stereocenters. The van der Waals surface area contributed by atoms with Gasteiger partial charge >= 0.3 is 0 Å². The van der Waals surface area contributed by atoms with Crippen molar-refractivity contribution in [2.24, 2.45) is 0 Å². The molecule has 1 saturated heterocycles. The molecule has 2 aromatic rings. The molecule has 28 heavy (non-hydrogen) atoms. The number of hydrogen-bond acceptors (Lipinski definition) is 5. The zero-order chi connectivity index (χ0) is 19.7. The second-order valence-corrected chi connectivity index (χ2v) is 8.36. The van der Waals surface area contributed by atoms with Gasteiger partial charge in [-0.1, -0.05) is 0 Å². The molecule has 0 radical (unpaired) electrons. The van der Waals surface area contributed by atoms with E-state index >= 15 is 0 Å². The highest BCUT2D eigenvalue weighted by atomic mass is 32.2. The summed E-state index contributed by atoms with van der Waals surface area (Å²) in [5.41, 5.74) is 1.20. The lowest BCUT2D eigenvalue weighted by molar-refractivity contribution is -0.115. The first-order chi connectivity index (χ1) is 13.5. The maximum atomic E-state index is 12.6. The minimum absolute atomic E-state index is 0.00757. The number of nitrogens with one attached hydrogen (secondary N) is 2. The quantitative estimate of drug-likeness (QED) is 0.828. The topological polar surface area (TPSA) is 91.7 Å². The Kier molecular flexibility index (Phi) is 5.13. The average molecular weight is 399 g/mol. The highest BCUT2D eigenvalue weighted by molar-refractivity contribution is 8.00. The highest BCUT2D eigenvalue weighted by Gasteiger charge is 2.27. The molecular weight excluding hydrogens is 378 g/mol. The molecule has 0 spiro atoms. The molecule has 0 unspecified atom stereocenters. The largest absolute Gasteiger partial charge is 0.459 e. The van der Waals surface area contributed by atoms with Gasteiger partial charge in [0.25, 0.3) is 11.8 Å². The lowest BCUT2D eigenvalue weighted by Gasteiger charge is -2.32. The molecule has 2 N–H and O–H groups in total. The molecule has 1 fully saturated rings. The van der Waals surface area contributed by atoms with E-state index < -0.39 is 0 Å². The Balaban J connectivity index is 1.34. The number of benzene rings is 1. The van der Waals surface area contributed by atoms with Gasteiger partial charge in [0.05, 0.1) is 17.2 Å². The van der Waals surface area contributed by atoms with Crippen LogP contribution < -0.4 is 10.6 Å². The monoisotopic (exact) mass is 399 g/mol. The Morgan fingerprint density at radius 1 is 1.25 bits per heavy atom. The molecule has 2 aliphatic heterocycles. The highest BCUT2D eigenvalue weighted by Crippen LogP contribution is 2.35. The van der Waals surface area contributed by atoms with Gasteiger partial charge in [0.1, 0.15) is 0 Å². The molecule has 8 heteroatoms. The van der Waals surface area contributed by atoms with Crippen molar-refractivity contribution in [1.29, 1.82) is 0 Å². The van der Waals surface area contributed by atoms with E-state index in [1.807, 2.05) is 13.0 Å². The number of anilines is 1. The van der Waals surface area contributed by atoms with Crippen molar-refractivity contribution in [1.82, 2.24) is 10.2 Å². The van der Waals surface area contributed by atoms with Crippen LogP contribution in [0.1, 0.15) is 40.7 Å². The summed E-state index contributed by atoms with van der Waals surface area (Å²) in [6.45, 7) is 2.99. The zero-order valence-electron chi connectivity index (χ0n) is 15.4. The maximum absolute atomic E-state index is 12.6. The van der Waals surface area contributed by atoms with E-state index in [0.29, 0.717) is 42.9 Å². The molecule has 1 aromatic carbocycles. The van der Waals surface area contributed by atoms with Crippen LogP contribution in [0.3, 0.4) is 0 Å². The van der Waals surface area contributed by atoms with Crippen molar-refractivity contribution < 1.29 is 18.8 Å². The van der Waals surface area contributed by atoms with Crippen molar-refractivity contribution in [2.45, 2.75) is 36.0 Å². The van der Waals surface area contributed by atoms with Gasteiger partial charge in [0.15, 0.2) is 5.76 Å². The smallest absolute Gasteiger partial charge is 0.289 e. The fraction of sp³-hybridized carbons (Fsp3) is 0.350. The second-order valence-electron chi connectivity index (χ2n) is 6.98. The fourth-order valence-corrected chi connectivity index (χ4v) is 4.33. The van der Waals surface area contributed by atoms with Crippen LogP contribution in [0.2, 0.25) is 0 Å². The van der Waals surface area contributed by atoms with Gasteiger partial charge in [-0.25, -0.2) is 0 Å². The van der Waals surface area contributed by atoms with Gasteiger partial charge in [-0.2, -0.15) is 0 Å². The molecular formula is C20H21N3O4S. The SMILES string of the molecule is C[C@H]1Sc2ccc(C(=O)NC3CCN(C(=O)c4ccco4)CC3)cc2NC1=O. The van der Waals surface area contributed by atoms with E-state index in [-0.39, 0.29) is 29.0 Å². The summed E-state index contributed by atoms with van der Waals surface area (Å²) in [6.07, 6.45) is 2.86. The number of hydrogen-bond donors (Lipinski definition) is 2. The van der Waals surface area contributed by atoms with Crippen LogP contribution in [0.25, 0.3) is 0 Å². The third-order valence-electron chi connectivity index (χ3n) is 5.02. The van der Waals surface area contributed by atoms with Gasteiger partial charge in [-0.3, -0.25) is 14.4 Å². The zero-order valence-corrected chi connectivity index (χ0v) is 16.3. The predicted molar refractivity (Wildman–Crippen MR) is 105 cm³/mol. The van der Waals surface area contributed by atoms with Gasteiger partial charge in [0, 0.05) is 29.6 Å². The molecule has 0 bridgehead atoms. The Morgan fingerprint density at radius 2 is 2.04 bits per heavy atom. The normalized spacial score (nSPS) is 19.7. The summed E-state index contributed by atoms with van der Waals surface area (Å²) >= 11 is 1.49. The summed E-state index contributed by atoms with van der Waals surface area (Å²) in [4.78, 5) is 39.5. The van der Waals surface area contributed by atoms with Gasteiger partial charge in [0.2, 0.25) is 5.91 Å². The number of furan rings is 1. The minimum atomic E-state index is -0.170.